The van der Waals surface area contributed by atoms with Crippen molar-refractivity contribution in [3.05, 3.63) is 46.0 Å². The Bertz CT molecular complexity index is 653. The highest BCUT2D eigenvalue weighted by molar-refractivity contribution is 8.03. The minimum absolute atomic E-state index is 0.288. The van der Waals surface area contributed by atoms with Crippen LogP contribution in [-0.2, 0) is 9.53 Å². The molecule has 2 rings (SSSR count). The van der Waals surface area contributed by atoms with Gasteiger partial charge in [0.25, 0.3) is 0 Å². The molecule has 0 radical (unpaired) electrons. The van der Waals surface area contributed by atoms with Crippen LogP contribution in [0.2, 0.25) is 0 Å². The van der Waals surface area contributed by atoms with E-state index in [1.165, 1.54) is 6.26 Å². The number of nitrogens with one attached hydrogen (secondary N) is 1. The molecule has 0 amide bonds. The third-order valence-corrected chi connectivity index (χ3v) is 4.21. The number of furan rings is 1. The second kappa shape index (κ2) is 7.23. The fourth-order valence-electron chi connectivity index (χ4n) is 2.42. The van der Waals surface area contributed by atoms with Crippen molar-refractivity contribution in [3.63, 3.8) is 0 Å². The van der Waals surface area contributed by atoms with Gasteiger partial charge in [-0.05, 0) is 25.7 Å². The van der Waals surface area contributed by atoms with Gasteiger partial charge in [-0.2, -0.15) is 5.26 Å². The first-order valence-corrected chi connectivity index (χ1v) is 8.06. The molecule has 1 aliphatic heterocycles. The summed E-state index contributed by atoms with van der Waals surface area (Å²) in [5, 5.41) is 13.6. The molecule has 116 valence electrons. The minimum Gasteiger partial charge on any atom is -0.472 e. The first-order chi connectivity index (χ1) is 10.6. The van der Waals surface area contributed by atoms with Gasteiger partial charge in [0.1, 0.15) is 0 Å². The number of hydrogen-bond acceptors (Lipinski definition) is 6. The third kappa shape index (κ3) is 3.04. The maximum absolute atomic E-state index is 12.4. The predicted octanol–water partition coefficient (Wildman–Crippen LogP) is 3.29. The molecule has 0 saturated carbocycles. The molecule has 1 aliphatic rings. The lowest BCUT2D eigenvalue weighted by atomic mass is 9.84. The summed E-state index contributed by atoms with van der Waals surface area (Å²) < 4.78 is 10.3. The Kier molecular flexibility index (Phi) is 5.34. The molecule has 1 aromatic rings. The van der Waals surface area contributed by atoms with E-state index in [0.29, 0.717) is 16.8 Å². The van der Waals surface area contributed by atoms with E-state index in [0.717, 1.165) is 16.3 Å². The molecular weight excluding hydrogens is 300 g/mol. The second-order valence-corrected chi connectivity index (χ2v) is 5.94. The van der Waals surface area contributed by atoms with Gasteiger partial charge in [0.15, 0.2) is 0 Å². The molecule has 0 aromatic carbocycles. The van der Waals surface area contributed by atoms with Gasteiger partial charge < -0.3 is 14.5 Å². The summed E-state index contributed by atoms with van der Waals surface area (Å²) in [5.74, 6) is -0.0433. The Labute approximate surface area is 134 Å². The SMILES string of the molecule is CCOC(=O)C1=C(C)NC(SCC)=C(C#N)C1c1ccoc1. The second-order valence-electron chi connectivity index (χ2n) is 4.66. The maximum atomic E-state index is 12.4. The summed E-state index contributed by atoms with van der Waals surface area (Å²) in [6.07, 6.45) is 3.10. The number of esters is 1. The average Bonchev–Trinajstić information content (AvgIpc) is 3.01. The highest BCUT2D eigenvalue weighted by Gasteiger charge is 2.35. The molecule has 0 aliphatic carbocycles. The van der Waals surface area contributed by atoms with Gasteiger partial charge in [-0.25, -0.2) is 4.79 Å². The molecule has 1 N–H and O–H groups in total. The van der Waals surface area contributed by atoms with Crippen LogP contribution in [0.25, 0.3) is 0 Å². The number of dihydropyridines is 1. The standard InChI is InChI=1S/C16H18N2O3S/c1-4-21-16(19)13-10(3)18-15(22-5-2)12(8-17)14(13)11-6-7-20-9-11/h6-7,9,14,18H,4-5H2,1-3H3. The van der Waals surface area contributed by atoms with Gasteiger partial charge in [-0.15, -0.1) is 11.8 Å². The number of nitrogens with zero attached hydrogens (tertiary/aromatic N) is 1. The molecule has 5 nitrogen and oxygen atoms in total. The molecule has 0 bridgehead atoms. The molecule has 0 spiro atoms. The normalized spacial score (nSPS) is 18.0. The van der Waals surface area contributed by atoms with Crippen molar-refractivity contribution in [2.75, 3.05) is 12.4 Å². The lowest BCUT2D eigenvalue weighted by Gasteiger charge is -2.28. The van der Waals surface area contributed by atoms with Crippen LogP contribution < -0.4 is 5.32 Å². The highest BCUT2D eigenvalue weighted by Crippen LogP contribution is 2.40. The smallest absolute Gasteiger partial charge is 0.336 e. The first-order valence-electron chi connectivity index (χ1n) is 7.08. The molecule has 1 unspecified atom stereocenters. The van der Waals surface area contributed by atoms with Crippen molar-refractivity contribution in [2.45, 2.75) is 26.7 Å². The number of hydrogen-bond donors (Lipinski definition) is 1. The molecule has 0 saturated heterocycles. The quantitative estimate of drug-likeness (QED) is 0.840. The fraction of sp³-hybridized carbons (Fsp3) is 0.375. The van der Waals surface area contributed by atoms with Crippen molar-refractivity contribution in [3.8, 4) is 6.07 Å². The topological polar surface area (TPSA) is 75.3 Å². The van der Waals surface area contributed by atoms with Crippen molar-refractivity contribution in [1.29, 1.82) is 5.26 Å². The van der Waals surface area contributed by atoms with E-state index in [-0.39, 0.29) is 6.61 Å². The van der Waals surface area contributed by atoms with Gasteiger partial charge in [0, 0.05) is 11.3 Å². The zero-order valence-corrected chi connectivity index (χ0v) is 13.6. The van der Waals surface area contributed by atoms with Crippen LogP contribution >= 0.6 is 11.8 Å². The van der Waals surface area contributed by atoms with Crippen LogP contribution in [0.15, 0.2) is 44.9 Å². The lowest BCUT2D eigenvalue weighted by Crippen LogP contribution is -2.28. The van der Waals surface area contributed by atoms with Gasteiger partial charge in [0.05, 0.1) is 47.3 Å². The maximum Gasteiger partial charge on any atom is 0.336 e. The molecule has 1 atom stereocenters. The number of nitriles is 1. The minimum atomic E-state index is -0.460. The van der Waals surface area contributed by atoms with Crippen molar-refractivity contribution in [1.82, 2.24) is 5.32 Å². The Morgan fingerprint density at radius 3 is 2.86 bits per heavy atom. The monoisotopic (exact) mass is 318 g/mol. The summed E-state index contributed by atoms with van der Waals surface area (Å²) in [7, 11) is 0. The number of allylic oxidation sites excluding steroid dienone is 2. The van der Waals surface area contributed by atoms with Crippen LogP contribution in [-0.4, -0.2) is 18.3 Å². The summed E-state index contributed by atoms with van der Waals surface area (Å²) in [6.45, 7) is 5.89. The van der Waals surface area contributed by atoms with Crippen molar-refractivity contribution >= 4 is 17.7 Å². The number of carbonyl (C=O) groups excluding carboxylic acids is 1. The molecule has 1 aromatic heterocycles. The van der Waals surface area contributed by atoms with E-state index in [2.05, 4.69) is 11.4 Å². The van der Waals surface area contributed by atoms with Gasteiger partial charge in [-0.3, -0.25) is 0 Å². The van der Waals surface area contributed by atoms with Crippen molar-refractivity contribution < 1.29 is 13.9 Å². The van der Waals surface area contributed by atoms with Crippen molar-refractivity contribution in [2.24, 2.45) is 0 Å². The Morgan fingerprint density at radius 2 is 2.32 bits per heavy atom. The summed E-state index contributed by atoms with van der Waals surface area (Å²) in [5.41, 5.74) is 2.46. The predicted molar refractivity (Wildman–Crippen MR) is 84.7 cm³/mol. The molecule has 2 heterocycles. The van der Waals surface area contributed by atoms with Crippen LogP contribution in [0.1, 0.15) is 32.3 Å². The molecule has 6 heteroatoms. The first kappa shape index (κ1) is 16.2. The molecular formula is C16H18N2O3S. The summed E-state index contributed by atoms with van der Waals surface area (Å²) >= 11 is 1.55. The van der Waals surface area contributed by atoms with Gasteiger partial charge >= 0.3 is 5.97 Å². The van der Waals surface area contributed by atoms with Crippen LogP contribution in [0.3, 0.4) is 0 Å². The Hall–Kier alpha value is -2.13. The number of ether oxygens (including phenoxy) is 1. The number of rotatable bonds is 5. The summed E-state index contributed by atoms with van der Waals surface area (Å²) in [4.78, 5) is 12.4. The average molecular weight is 318 g/mol. The molecule has 0 fully saturated rings. The Balaban J connectivity index is 2.55. The van der Waals surface area contributed by atoms with Gasteiger partial charge in [0.2, 0.25) is 0 Å². The van der Waals surface area contributed by atoms with E-state index < -0.39 is 11.9 Å². The van der Waals surface area contributed by atoms with Gasteiger partial charge in [-0.1, -0.05) is 6.92 Å². The van der Waals surface area contributed by atoms with Crippen LogP contribution in [0, 0.1) is 11.3 Å². The van der Waals surface area contributed by atoms with Crippen LogP contribution in [0.5, 0.6) is 0 Å². The Morgan fingerprint density at radius 1 is 1.55 bits per heavy atom. The van der Waals surface area contributed by atoms with E-state index >= 15 is 0 Å². The summed E-state index contributed by atoms with van der Waals surface area (Å²) in [6, 6.07) is 4.01. The van der Waals surface area contributed by atoms with Crippen LogP contribution in [0.4, 0.5) is 0 Å². The number of carbonyl (C=O) groups is 1. The van der Waals surface area contributed by atoms with E-state index in [9.17, 15) is 10.1 Å². The van der Waals surface area contributed by atoms with E-state index in [1.807, 2.05) is 13.8 Å². The van der Waals surface area contributed by atoms with E-state index in [4.69, 9.17) is 9.15 Å². The fourth-order valence-corrected chi connectivity index (χ4v) is 3.26. The highest BCUT2D eigenvalue weighted by atomic mass is 32.2. The third-order valence-electron chi connectivity index (χ3n) is 3.31. The number of thioether (sulfide) groups is 1. The largest absolute Gasteiger partial charge is 0.472 e. The molecule has 22 heavy (non-hydrogen) atoms. The van der Waals surface area contributed by atoms with E-state index in [1.54, 1.807) is 31.0 Å². The zero-order valence-electron chi connectivity index (χ0n) is 12.8. The lowest BCUT2D eigenvalue weighted by molar-refractivity contribution is -0.138. The zero-order chi connectivity index (χ0) is 16.1.